The standard InChI is InChI=1S/C22H18O3/c23-22(24)20(18-11-5-2-6-12-18)15-16-25-21-14-8-7-13-19(21)17-9-3-1-4-10-17/h1-15H,16H2,(H,23,24). The van der Waals surface area contributed by atoms with E-state index < -0.39 is 5.97 Å². The molecule has 0 saturated carbocycles. The maximum atomic E-state index is 11.5. The zero-order valence-electron chi connectivity index (χ0n) is 13.6. The van der Waals surface area contributed by atoms with Crippen molar-refractivity contribution in [1.29, 1.82) is 0 Å². The summed E-state index contributed by atoms with van der Waals surface area (Å²) in [6.45, 7) is 0.181. The van der Waals surface area contributed by atoms with E-state index in [1.807, 2.05) is 72.8 Å². The van der Waals surface area contributed by atoms with Crippen molar-refractivity contribution in [2.45, 2.75) is 0 Å². The van der Waals surface area contributed by atoms with E-state index in [9.17, 15) is 9.90 Å². The van der Waals surface area contributed by atoms with Gasteiger partial charge in [-0.15, -0.1) is 0 Å². The van der Waals surface area contributed by atoms with Gasteiger partial charge in [0.15, 0.2) is 0 Å². The van der Waals surface area contributed by atoms with Crippen molar-refractivity contribution in [2.75, 3.05) is 6.61 Å². The van der Waals surface area contributed by atoms with E-state index in [-0.39, 0.29) is 12.2 Å². The number of aliphatic carboxylic acids is 1. The van der Waals surface area contributed by atoms with Crippen LogP contribution in [-0.2, 0) is 4.79 Å². The second kappa shape index (κ2) is 7.97. The molecule has 124 valence electrons. The van der Waals surface area contributed by atoms with Gasteiger partial charge in [0, 0.05) is 5.56 Å². The van der Waals surface area contributed by atoms with Gasteiger partial charge in [0.2, 0.25) is 0 Å². The highest BCUT2D eigenvalue weighted by molar-refractivity contribution is 6.15. The highest BCUT2D eigenvalue weighted by Crippen LogP contribution is 2.29. The van der Waals surface area contributed by atoms with Crippen molar-refractivity contribution in [2.24, 2.45) is 0 Å². The molecule has 0 atom stereocenters. The van der Waals surface area contributed by atoms with Gasteiger partial charge in [0.25, 0.3) is 0 Å². The minimum atomic E-state index is -0.967. The summed E-state index contributed by atoms with van der Waals surface area (Å²) in [6, 6.07) is 26.7. The van der Waals surface area contributed by atoms with E-state index in [1.165, 1.54) is 0 Å². The van der Waals surface area contributed by atoms with Crippen LogP contribution in [0.15, 0.2) is 91.0 Å². The third-order valence-corrected chi connectivity index (χ3v) is 3.81. The van der Waals surface area contributed by atoms with Crippen molar-refractivity contribution < 1.29 is 14.6 Å². The van der Waals surface area contributed by atoms with Gasteiger partial charge in [0.05, 0.1) is 5.57 Å². The van der Waals surface area contributed by atoms with Crippen LogP contribution in [0.5, 0.6) is 5.75 Å². The van der Waals surface area contributed by atoms with Crippen molar-refractivity contribution in [3.05, 3.63) is 96.6 Å². The predicted octanol–water partition coefficient (Wildman–Crippen LogP) is 4.90. The Morgan fingerprint density at radius 2 is 1.44 bits per heavy atom. The first-order chi connectivity index (χ1) is 12.3. The van der Waals surface area contributed by atoms with Gasteiger partial charge < -0.3 is 9.84 Å². The third-order valence-electron chi connectivity index (χ3n) is 3.81. The minimum absolute atomic E-state index is 0.181. The van der Waals surface area contributed by atoms with Crippen LogP contribution in [0.4, 0.5) is 0 Å². The lowest BCUT2D eigenvalue weighted by molar-refractivity contribution is -0.130. The maximum absolute atomic E-state index is 11.5. The first kappa shape index (κ1) is 16.5. The summed E-state index contributed by atoms with van der Waals surface area (Å²) in [4.78, 5) is 11.5. The van der Waals surface area contributed by atoms with E-state index in [2.05, 4.69) is 0 Å². The Balaban J connectivity index is 1.81. The normalized spacial score (nSPS) is 11.1. The largest absolute Gasteiger partial charge is 0.489 e. The summed E-state index contributed by atoms with van der Waals surface area (Å²) in [5, 5.41) is 9.43. The van der Waals surface area contributed by atoms with Gasteiger partial charge >= 0.3 is 5.97 Å². The number of ether oxygens (including phenoxy) is 1. The molecule has 0 aliphatic rings. The molecule has 3 nitrogen and oxygen atoms in total. The number of carbonyl (C=O) groups is 1. The van der Waals surface area contributed by atoms with E-state index in [0.717, 1.165) is 16.9 Å². The molecule has 0 bridgehead atoms. The molecule has 0 aliphatic heterocycles. The molecule has 1 N–H and O–H groups in total. The molecular weight excluding hydrogens is 312 g/mol. The Kier molecular flexibility index (Phi) is 5.27. The second-order valence-electron chi connectivity index (χ2n) is 5.46. The van der Waals surface area contributed by atoms with Crippen molar-refractivity contribution in [3.8, 4) is 16.9 Å². The lowest BCUT2D eigenvalue weighted by atomic mass is 10.0. The smallest absolute Gasteiger partial charge is 0.336 e. The van der Waals surface area contributed by atoms with E-state index in [4.69, 9.17) is 4.74 Å². The molecule has 0 aliphatic carbocycles. The van der Waals surface area contributed by atoms with Crippen molar-refractivity contribution in [3.63, 3.8) is 0 Å². The number of carboxylic acid groups (broad SMARTS) is 1. The Morgan fingerprint density at radius 1 is 0.840 bits per heavy atom. The third kappa shape index (κ3) is 4.15. The molecule has 3 heteroatoms. The zero-order chi connectivity index (χ0) is 17.5. The zero-order valence-corrected chi connectivity index (χ0v) is 13.6. The maximum Gasteiger partial charge on any atom is 0.336 e. The highest BCUT2D eigenvalue weighted by atomic mass is 16.5. The first-order valence-corrected chi connectivity index (χ1v) is 8.02. The van der Waals surface area contributed by atoms with Crippen molar-refractivity contribution in [1.82, 2.24) is 0 Å². The Labute approximate surface area is 146 Å². The van der Waals surface area contributed by atoms with Crippen LogP contribution in [0.3, 0.4) is 0 Å². The summed E-state index contributed by atoms with van der Waals surface area (Å²) in [7, 11) is 0. The lowest BCUT2D eigenvalue weighted by Crippen LogP contribution is -2.03. The summed E-state index contributed by atoms with van der Waals surface area (Å²) < 4.78 is 5.85. The molecule has 0 saturated heterocycles. The van der Waals surface area contributed by atoms with Crippen LogP contribution in [0.1, 0.15) is 5.56 Å². The molecule has 3 aromatic carbocycles. The number of carboxylic acids is 1. The quantitative estimate of drug-likeness (QED) is 0.654. The van der Waals surface area contributed by atoms with Crippen LogP contribution in [0.2, 0.25) is 0 Å². The first-order valence-electron chi connectivity index (χ1n) is 8.02. The Hall–Kier alpha value is -3.33. The van der Waals surface area contributed by atoms with E-state index in [0.29, 0.717) is 5.56 Å². The number of hydrogen-bond donors (Lipinski definition) is 1. The molecule has 0 amide bonds. The number of hydrogen-bond acceptors (Lipinski definition) is 2. The molecule has 0 aromatic heterocycles. The van der Waals surface area contributed by atoms with Gasteiger partial charge in [-0.3, -0.25) is 0 Å². The minimum Gasteiger partial charge on any atom is -0.489 e. The molecule has 0 radical (unpaired) electrons. The molecule has 25 heavy (non-hydrogen) atoms. The van der Waals surface area contributed by atoms with Gasteiger partial charge in [0.1, 0.15) is 12.4 Å². The van der Waals surface area contributed by atoms with Crippen LogP contribution in [0.25, 0.3) is 16.7 Å². The van der Waals surface area contributed by atoms with Crippen molar-refractivity contribution >= 4 is 11.5 Å². The van der Waals surface area contributed by atoms with Gasteiger partial charge in [-0.1, -0.05) is 78.9 Å². The average molecular weight is 330 g/mol. The molecule has 0 heterocycles. The fourth-order valence-corrected chi connectivity index (χ4v) is 2.61. The van der Waals surface area contributed by atoms with E-state index in [1.54, 1.807) is 18.2 Å². The van der Waals surface area contributed by atoms with Crippen LogP contribution >= 0.6 is 0 Å². The van der Waals surface area contributed by atoms with Gasteiger partial charge in [-0.2, -0.15) is 0 Å². The van der Waals surface area contributed by atoms with Crippen LogP contribution < -0.4 is 4.74 Å². The lowest BCUT2D eigenvalue weighted by Gasteiger charge is -2.11. The van der Waals surface area contributed by atoms with Gasteiger partial charge in [-0.05, 0) is 23.3 Å². The topological polar surface area (TPSA) is 46.5 Å². The number of rotatable bonds is 6. The highest BCUT2D eigenvalue weighted by Gasteiger charge is 2.10. The van der Waals surface area contributed by atoms with Gasteiger partial charge in [-0.25, -0.2) is 4.79 Å². The summed E-state index contributed by atoms with van der Waals surface area (Å²) in [5.41, 5.74) is 2.93. The average Bonchev–Trinajstić information content (AvgIpc) is 2.67. The summed E-state index contributed by atoms with van der Waals surface area (Å²) in [6.07, 6.45) is 1.60. The summed E-state index contributed by atoms with van der Waals surface area (Å²) in [5.74, 6) is -0.242. The van der Waals surface area contributed by atoms with E-state index >= 15 is 0 Å². The molecular formula is C22H18O3. The molecule has 0 unspecified atom stereocenters. The Bertz CT molecular complexity index is 868. The number of para-hydroxylation sites is 1. The second-order valence-corrected chi connectivity index (χ2v) is 5.46. The monoisotopic (exact) mass is 330 g/mol. The molecule has 0 spiro atoms. The predicted molar refractivity (Wildman–Crippen MR) is 99.4 cm³/mol. The van der Waals surface area contributed by atoms with Crippen LogP contribution in [0, 0.1) is 0 Å². The summed E-state index contributed by atoms with van der Waals surface area (Å²) >= 11 is 0. The Morgan fingerprint density at radius 3 is 2.12 bits per heavy atom. The SMILES string of the molecule is O=C(O)C(=CCOc1ccccc1-c1ccccc1)c1ccccc1. The molecule has 3 rings (SSSR count). The molecule has 0 fully saturated rings. The fraction of sp³-hybridized carbons (Fsp3) is 0.0455. The fourth-order valence-electron chi connectivity index (χ4n) is 2.61. The van der Waals surface area contributed by atoms with Crippen LogP contribution in [-0.4, -0.2) is 17.7 Å². The molecule has 3 aromatic rings. The number of benzene rings is 3.